The second-order valence-corrected chi connectivity index (χ2v) is 5.64. The summed E-state index contributed by atoms with van der Waals surface area (Å²) in [6, 6.07) is 7.47. The van der Waals surface area contributed by atoms with Crippen molar-refractivity contribution in [3.05, 3.63) is 58.6 Å². The van der Waals surface area contributed by atoms with Gasteiger partial charge >= 0.3 is 0 Å². The molecule has 1 aliphatic rings. The predicted molar refractivity (Wildman–Crippen MR) is 79.4 cm³/mol. The minimum atomic E-state index is -0.0401. The van der Waals surface area contributed by atoms with Crippen LogP contribution in [0.15, 0.2) is 36.7 Å². The highest BCUT2D eigenvalue weighted by Crippen LogP contribution is 2.20. The van der Waals surface area contributed by atoms with Crippen molar-refractivity contribution in [3.63, 3.8) is 0 Å². The first-order valence-electron chi connectivity index (χ1n) is 6.80. The van der Waals surface area contributed by atoms with Crippen LogP contribution in [-0.2, 0) is 13.0 Å². The van der Waals surface area contributed by atoms with Crippen molar-refractivity contribution < 1.29 is 4.79 Å². The second kappa shape index (κ2) is 4.63. The average molecular weight is 301 g/mol. The highest BCUT2D eigenvalue weighted by atomic mass is 35.5. The molecule has 0 saturated heterocycles. The Balaban J connectivity index is 1.64. The molecule has 3 aromatic heterocycles. The molecule has 0 bridgehead atoms. The van der Waals surface area contributed by atoms with Gasteiger partial charge in [0, 0.05) is 37.6 Å². The quantitative estimate of drug-likeness (QED) is 0.751. The van der Waals surface area contributed by atoms with Crippen LogP contribution in [0.5, 0.6) is 0 Å². The Morgan fingerprint density at radius 2 is 2.24 bits per heavy atom. The fraction of sp³-hybridized carbons (Fsp3) is 0.200. The van der Waals surface area contributed by atoms with Crippen LogP contribution in [0.25, 0.3) is 5.52 Å². The number of carbonyl (C=O) groups is 1. The molecule has 1 N–H and O–H groups in total. The number of rotatable bonds is 1. The highest BCUT2D eigenvalue weighted by Gasteiger charge is 2.24. The third-order valence-electron chi connectivity index (χ3n) is 3.85. The first kappa shape index (κ1) is 12.5. The number of halogens is 1. The van der Waals surface area contributed by atoms with Crippen LogP contribution in [0.4, 0.5) is 0 Å². The molecule has 106 valence electrons. The summed E-state index contributed by atoms with van der Waals surface area (Å²) in [4.78, 5) is 17.6. The van der Waals surface area contributed by atoms with Crippen LogP contribution in [0.1, 0.15) is 21.7 Å². The smallest absolute Gasteiger partial charge is 0.274 e. The van der Waals surface area contributed by atoms with E-state index in [0.717, 1.165) is 11.9 Å². The average Bonchev–Trinajstić information content (AvgIpc) is 3.11. The Morgan fingerprint density at radius 1 is 1.33 bits per heavy atom. The summed E-state index contributed by atoms with van der Waals surface area (Å²) >= 11 is 5.94. The van der Waals surface area contributed by atoms with Gasteiger partial charge in [0.1, 0.15) is 0 Å². The van der Waals surface area contributed by atoms with E-state index in [0.29, 0.717) is 23.8 Å². The highest BCUT2D eigenvalue weighted by molar-refractivity contribution is 6.30. The van der Waals surface area contributed by atoms with Crippen LogP contribution in [0, 0.1) is 0 Å². The first-order chi connectivity index (χ1) is 10.2. The fourth-order valence-electron chi connectivity index (χ4n) is 2.75. The van der Waals surface area contributed by atoms with Gasteiger partial charge in [-0.25, -0.2) is 4.52 Å². The summed E-state index contributed by atoms with van der Waals surface area (Å²) in [5, 5.41) is 4.92. The number of hydrogen-bond donors (Lipinski definition) is 1. The molecule has 4 heterocycles. The van der Waals surface area contributed by atoms with Crippen LogP contribution >= 0.6 is 11.6 Å². The Hall–Kier alpha value is -2.27. The van der Waals surface area contributed by atoms with E-state index in [9.17, 15) is 4.79 Å². The Labute approximate surface area is 126 Å². The number of hydrogen-bond acceptors (Lipinski definition) is 2. The third-order valence-corrected chi connectivity index (χ3v) is 4.08. The molecule has 0 spiro atoms. The van der Waals surface area contributed by atoms with Gasteiger partial charge in [0.05, 0.1) is 10.5 Å². The maximum atomic E-state index is 12.6. The van der Waals surface area contributed by atoms with E-state index in [-0.39, 0.29) is 5.91 Å². The lowest BCUT2D eigenvalue weighted by molar-refractivity contribution is 0.0728. The molecule has 1 amide bonds. The number of nitrogens with zero attached hydrogens (tertiary/aromatic N) is 3. The number of aromatic nitrogens is 3. The number of fused-ring (bicyclic) bond motifs is 2. The summed E-state index contributed by atoms with van der Waals surface area (Å²) in [6.45, 7) is 1.34. The number of aromatic amines is 1. The lowest BCUT2D eigenvalue weighted by Crippen LogP contribution is -2.35. The van der Waals surface area contributed by atoms with Gasteiger partial charge in [0.2, 0.25) is 0 Å². The van der Waals surface area contributed by atoms with Crippen molar-refractivity contribution in [3.8, 4) is 0 Å². The summed E-state index contributed by atoms with van der Waals surface area (Å²) in [7, 11) is 0. The molecule has 6 heteroatoms. The van der Waals surface area contributed by atoms with Crippen LogP contribution in [0.3, 0.4) is 0 Å². The number of amides is 1. The minimum Gasteiger partial charge on any atom is -0.365 e. The van der Waals surface area contributed by atoms with Crippen LogP contribution < -0.4 is 0 Å². The number of H-pyrrole nitrogens is 1. The number of carbonyl (C=O) groups excluding carboxylic acids is 1. The topological polar surface area (TPSA) is 53.4 Å². The molecule has 21 heavy (non-hydrogen) atoms. The zero-order valence-electron chi connectivity index (χ0n) is 11.2. The summed E-state index contributed by atoms with van der Waals surface area (Å²) < 4.78 is 1.64. The maximum absolute atomic E-state index is 12.6. The van der Waals surface area contributed by atoms with Crippen molar-refractivity contribution in [2.24, 2.45) is 0 Å². The molecule has 0 aliphatic carbocycles. The zero-order chi connectivity index (χ0) is 14.4. The largest absolute Gasteiger partial charge is 0.365 e. The minimum absolute atomic E-state index is 0.0401. The van der Waals surface area contributed by atoms with Gasteiger partial charge in [0.15, 0.2) is 5.69 Å². The summed E-state index contributed by atoms with van der Waals surface area (Å²) in [5.74, 6) is -0.0401. The lowest BCUT2D eigenvalue weighted by Gasteiger charge is -2.26. The SMILES string of the molecule is O=C(c1cc2ccc(Cl)cn2n1)N1CCc2[nH]ccc2C1. The maximum Gasteiger partial charge on any atom is 0.274 e. The number of nitrogens with one attached hydrogen (secondary N) is 1. The molecule has 0 saturated carbocycles. The van der Waals surface area contributed by atoms with Gasteiger partial charge in [-0.05, 0) is 29.8 Å². The molecule has 0 atom stereocenters. The van der Waals surface area contributed by atoms with Crippen molar-refractivity contribution in [1.29, 1.82) is 0 Å². The van der Waals surface area contributed by atoms with E-state index in [1.165, 1.54) is 11.3 Å². The van der Waals surface area contributed by atoms with Crippen molar-refractivity contribution in [2.75, 3.05) is 6.54 Å². The summed E-state index contributed by atoms with van der Waals surface area (Å²) in [5.41, 5.74) is 3.72. The van der Waals surface area contributed by atoms with E-state index >= 15 is 0 Å². The van der Waals surface area contributed by atoms with E-state index in [2.05, 4.69) is 10.1 Å². The molecule has 0 fully saturated rings. The lowest BCUT2D eigenvalue weighted by atomic mass is 10.1. The van der Waals surface area contributed by atoms with Crippen molar-refractivity contribution in [2.45, 2.75) is 13.0 Å². The molecule has 5 nitrogen and oxygen atoms in total. The monoisotopic (exact) mass is 300 g/mol. The molecular formula is C15H13ClN4O. The van der Waals surface area contributed by atoms with Gasteiger partial charge in [0.25, 0.3) is 5.91 Å². The fourth-order valence-corrected chi connectivity index (χ4v) is 2.91. The van der Waals surface area contributed by atoms with Gasteiger partial charge in [-0.2, -0.15) is 5.10 Å². The Kier molecular flexibility index (Phi) is 2.75. The Morgan fingerprint density at radius 3 is 3.14 bits per heavy atom. The van der Waals surface area contributed by atoms with Gasteiger partial charge in [-0.3, -0.25) is 4.79 Å². The predicted octanol–water partition coefficient (Wildman–Crippen LogP) is 2.51. The van der Waals surface area contributed by atoms with Gasteiger partial charge in [-0.15, -0.1) is 0 Å². The van der Waals surface area contributed by atoms with Crippen molar-refractivity contribution >= 4 is 23.0 Å². The van der Waals surface area contributed by atoms with Gasteiger partial charge < -0.3 is 9.88 Å². The second-order valence-electron chi connectivity index (χ2n) is 5.20. The Bertz CT molecular complexity index is 835. The summed E-state index contributed by atoms with van der Waals surface area (Å²) in [6.07, 6.45) is 4.48. The van der Waals surface area contributed by atoms with E-state index < -0.39 is 0 Å². The molecule has 0 unspecified atom stereocenters. The van der Waals surface area contributed by atoms with Crippen LogP contribution in [0.2, 0.25) is 5.02 Å². The molecular weight excluding hydrogens is 288 g/mol. The third kappa shape index (κ3) is 2.10. The van der Waals surface area contributed by atoms with E-state index in [1.54, 1.807) is 22.8 Å². The first-order valence-corrected chi connectivity index (χ1v) is 7.18. The standard InChI is InChI=1S/C15H13ClN4O/c16-11-1-2-12-7-14(18-20(12)9-11)15(21)19-6-4-13-10(8-19)3-5-17-13/h1-3,5,7,9,17H,4,6,8H2. The normalized spacial score (nSPS) is 14.4. The molecule has 0 radical (unpaired) electrons. The van der Waals surface area contributed by atoms with Gasteiger partial charge in [-0.1, -0.05) is 11.6 Å². The molecule has 4 rings (SSSR count). The van der Waals surface area contributed by atoms with Crippen molar-refractivity contribution in [1.82, 2.24) is 19.5 Å². The number of pyridine rings is 1. The van der Waals surface area contributed by atoms with E-state index in [4.69, 9.17) is 11.6 Å². The molecule has 0 aromatic carbocycles. The van der Waals surface area contributed by atoms with Crippen LogP contribution in [-0.4, -0.2) is 31.9 Å². The molecule has 1 aliphatic heterocycles. The molecule has 3 aromatic rings. The van der Waals surface area contributed by atoms with E-state index in [1.807, 2.05) is 23.2 Å². The zero-order valence-corrected chi connectivity index (χ0v) is 12.0.